The van der Waals surface area contributed by atoms with Gasteiger partial charge in [0.15, 0.2) is 6.29 Å². The highest BCUT2D eigenvalue weighted by Gasteiger charge is 2.15. The van der Waals surface area contributed by atoms with Crippen LogP contribution in [0.2, 0.25) is 0 Å². The van der Waals surface area contributed by atoms with E-state index >= 15 is 0 Å². The number of rotatable bonds is 4. The fourth-order valence-electron chi connectivity index (χ4n) is 2.72. The predicted molar refractivity (Wildman–Crippen MR) is 87.3 cm³/mol. The van der Waals surface area contributed by atoms with Crippen LogP contribution in [0.1, 0.15) is 32.4 Å². The van der Waals surface area contributed by atoms with Crippen molar-refractivity contribution in [1.29, 1.82) is 0 Å². The van der Waals surface area contributed by atoms with Crippen molar-refractivity contribution in [3.05, 3.63) is 59.2 Å². The lowest BCUT2D eigenvalue weighted by Crippen LogP contribution is -2.33. The minimum atomic E-state index is -0.604. The summed E-state index contributed by atoms with van der Waals surface area (Å²) in [6.45, 7) is 2.40. The molecule has 1 aliphatic rings. The van der Waals surface area contributed by atoms with Crippen LogP contribution in [0.25, 0.3) is 11.1 Å². The number of hydrogen-bond acceptors (Lipinski definition) is 4. The molecule has 1 atom stereocenters. The molecule has 0 radical (unpaired) electrons. The number of aldehydes is 1. The number of nitrogens with two attached hydrogens (primary N) is 1. The molecule has 3 N–H and O–H groups in total. The summed E-state index contributed by atoms with van der Waals surface area (Å²) in [5.41, 5.74) is 8.79. The Morgan fingerprint density at radius 3 is 2.52 bits per heavy atom. The van der Waals surface area contributed by atoms with Gasteiger partial charge in [-0.2, -0.15) is 0 Å². The molecular formula is C18H18N2O3. The topological polar surface area (TPSA) is 81.4 Å². The zero-order valence-electron chi connectivity index (χ0n) is 12.6. The van der Waals surface area contributed by atoms with E-state index in [1.807, 2.05) is 30.3 Å². The Hall–Kier alpha value is -2.50. The molecule has 2 aromatic carbocycles. The maximum atomic E-state index is 11.5. The van der Waals surface area contributed by atoms with E-state index < -0.39 is 5.91 Å². The number of hydrogen-bond donors (Lipinski definition) is 2. The number of carbonyl (C=O) groups is 2. The maximum absolute atomic E-state index is 11.5. The third-order valence-electron chi connectivity index (χ3n) is 3.99. The normalized spacial score (nSPS) is 17.7. The summed E-state index contributed by atoms with van der Waals surface area (Å²) < 4.78 is 5.73. The Labute approximate surface area is 134 Å². The predicted octanol–water partition coefficient (Wildman–Crippen LogP) is 1.93. The minimum absolute atomic E-state index is 0.0661. The van der Waals surface area contributed by atoms with Gasteiger partial charge in [0.1, 0.15) is 0 Å². The lowest BCUT2D eigenvalue weighted by Gasteiger charge is -2.24. The van der Waals surface area contributed by atoms with Gasteiger partial charge in [0, 0.05) is 18.7 Å². The highest BCUT2D eigenvalue weighted by Crippen LogP contribution is 2.25. The van der Waals surface area contributed by atoms with Gasteiger partial charge in [0.2, 0.25) is 5.91 Å². The molecule has 1 aliphatic heterocycles. The molecule has 0 aliphatic carbocycles. The SMILES string of the molecule is NC(=O)c1cc(-c2ccc(C3CNCCO3)cc2)ccc1C=O. The van der Waals surface area contributed by atoms with E-state index in [1.54, 1.807) is 12.1 Å². The molecule has 3 rings (SSSR count). The maximum Gasteiger partial charge on any atom is 0.249 e. The van der Waals surface area contributed by atoms with E-state index in [1.165, 1.54) is 0 Å². The van der Waals surface area contributed by atoms with E-state index in [9.17, 15) is 9.59 Å². The molecule has 2 aromatic rings. The van der Waals surface area contributed by atoms with E-state index in [0.717, 1.165) is 29.8 Å². The van der Waals surface area contributed by atoms with Gasteiger partial charge in [-0.05, 0) is 22.8 Å². The molecule has 118 valence electrons. The number of nitrogens with one attached hydrogen (secondary N) is 1. The monoisotopic (exact) mass is 310 g/mol. The average Bonchev–Trinajstić information content (AvgIpc) is 2.62. The standard InChI is InChI=1S/C18H18N2O3/c19-18(22)16-9-14(5-6-15(16)11-21)12-1-3-13(4-2-12)17-10-20-7-8-23-17/h1-6,9,11,17,20H,7-8,10H2,(H2,19,22). The van der Waals surface area contributed by atoms with Gasteiger partial charge in [-0.1, -0.05) is 36.4 Å². The van der Waals surface area contributed by atoms with Crippen molar-refractivity contribution < 1.29 is 14.3 Å². The first-order valence-corrected chi connectivity index (χ1v) is 7.50. The van der Waals surface area contributed by atoms with Crippen molar-refractivity contribution >= 4 is 12.2 Å². The Morgan fingerprint density at radius 2 is 1.91 bits per heavy atom. The van der Waals surface area contributed by atoms with E-state index in [-0.39, 0.29) is 11.7 Å². The summed E-state index contributed by atoms with van der Waals surface area (Å²) in [5.74, 6) is -0.604. The van der Waals surface area contributed by atoms with Crippen LogP contribution in [-0.2, 0) is 4.74 Å². The van der Waals surface area contributed by atoms with Crippen LogP contribution in [0, 0.1) is 0 Å². The third kappa shape index (κ3) is 3.31. The number of carbonyl (C=O) groups excluding carboxylic acids is 2. The Morgan fingerprint density at radius 1 is 1.17 bits per heavy atom. The first kappa shape index (κ1) is 15.4. The Balaban J connectivity index is 1.88. The van der Waals surface area contributed by atoms with Gasteiger partial charge in [0.05, 0.1) is 18.3 Å². The molecule has 0 bridgehead atoms. The van der Waals surface area contributed by atoms with E-state index in [0.29, 0.717) is 18.5 Å². The van der Waals surface area contributed by atoms with Gasteiger partial charge in [-0.3, -0.25) is 9.59 Å². The summed E-state index contributed by atoms with van der Waals surface area (Å²) in [4.78, 5) is 22.4. The van der Waals surface area contributed by atoms with E-state index in [4.69, 9.17) is 10.5 Å². The molecule has 23 heavy (non-hydrogen) atoms. The number of benzene rings is 2. The second-order valence-electron chi connectivity index (χ2n) is 5.47. The van der Waals surface area contributed by atoms with Gasteiger partial charge >= 0.3 is 0 Å². The summed E-state index contributed by atoms with van der Waals surface area (Å²) in [6.07, 6.45) is 0.705. The molecule has 5 heteroatoms. The van der Waals surface area contributed by atoms with Crippen molar-refractivity contribution in [2.24, 2.45) is 5.73 Å². The third-order valence-corrected chi connectivity index (χ3v) is 3.99. The van der Waals surface area contributed by atoms with Crippen LogP contribution in [0.15, 0.2) is 42.5 Å². The number of amides is 1. The summed E-state index contributed by atoms with van der Waals surface area (Å²) >= 11 is 0. The quantitative estimate of drug-likeness (QED) is 0.845. The average molecular weight is 310 g/mol. The summed E-state index contributed by atoms with van der Waals surface area (Å²) in [6, 6.07) is 13.1. The van der Waals surface area contributed by atoms with Crippen molar-refractivity contribution in [2.75, 3.05) is 19.7 Å². The first-order chi connectivity index (χ1) is 11.2. The zero-order valence-corrected chi connectivity index (χ0v) is 12.6. The highest BCUT2D eigenvalue weighted by atomic mass is 16.5. The number of ether oxygens (including phenoxy) is 1. The lowest BCUT2D eigenvalue weighted by molar-refractivity contribution is 0.0277. The molecule has 1 heterocycles. The zero-order chi connectivity index (χ0) is 16.2. The Bertz CT molecular complexity index is 720. The minimum Gasteiger partial charge on any atom is -0.371 e. The van der Waals surface area contributed by atoms with E-state index in [2.05, 4.69) is 5.32 Å². The van der Waals surface area contributed by atoms with Crippen molar-refractivity contribution in [3.8, 4) is 11.1 Å². The molecule has 1 amide bonds. The van der Waals surface area contributed by atoms with Gasteiger partial charge in [-0.25, -0.2) is 0 Å². The largest absolute Gasteiger partial charge is 0.371 e. The fraction of sp³-hybridized carbons (Fsp3) is 0.222. The van der Waals surface area contributed by atoms with Crippen LogP contribution in [0.4, 0.5) is 0 Å². The van der Waals surface area contributed by atoms with Gasteiger partial charge < -0.3 is 15.8 Å². The summed E-state index contributed by atoms with van der Waals surface area (Å²) in [7, 11) is 0. The Kier molecular flexibility index (Phi) is 4.50. The van der Waals surface area contributed by atoms with Crippen LogP contribution >= 0.6 is 0 Å². The molecule has 1 fully saturated rings. The second-order valence-corrected chi connectivity index (χ2v) is 5.47. The summed E-state index contributed by atoms with van der Waals surface area (Å²) in [5, 5.41) is 3.30. The van der Waals surface area contributed by atoms with Crippen molar-refractivity contribution in [1.82, 2.24) is 5.32 Å². The smallest absolute Gasteiger partial charge is 0.249 e. The molecule has 0 spiro atoms. The molecule has 0 aromatic heterocycles. The molecular weight excluding hydrogens is 292 g/mol. The van der Waals surface area contributed by atoms with Crippen molar-refractivity contribution in [3.63, 3.8) is 0 Å². The van der Waals surface area contributed by atoms with Gasteiger partial charge in [-0.15, -0.1) is 0 Å². The molecule has 5 nitrogen and oxygen atoms in total. The van der Waals surface area contributed by atoms with Crippen LogP contribution in [-0.4, -0.2) is 31.9 Å². The van der Waals surface area contributed by atoms with Crippen LogP contribution in [0.5, 0.6) is 0 Å². The number of primary amides is 1. The van der Waals surface area contributed by atoms with Gasteiger partial charge in [0.25, 0.3) is 0 Å². The highest BCUT2D eigenvalue weighted by molar-refractivity contribution is 6.01. The fourth-order valence-corrected chi connectivity index (χ4v) is 2.72. The number of morpholine rings is 1. The van der Waals surface area contributed by atoms with Crippen LogP contribution < -0.4 is 11.1 Å². The second kappa shape index (κ2) is 6.73. The first-order valence-electron chi connectivity index (χ1n) is 7.50. The lowest BCUT2D eigenvalue weighted by atomic mass is 9.97. The molecule has 0 saturated carbocycles. The molecule has 1 saturated heterocycles. The molecule has 1 unspecified atom stereocenters. The van der Waals surface area contributed by atoms with Crippen LogP contribution in [0.3, 0.4) is 0 Å². The van der Waals surface area contributed by atoms with Crippen molar-refractivity contribution in [2.45, 2.75) is 6.10 Å².